The molecule has 0 bridgehead atoms. The van der Waals surface area contributed by atoms with Crippen molar-refractivity contribution in [2.75, 3.05) is 26.2 Å². The van der Waals surface area contributed by atoms with Crippen LogP contribution in [0.4, 0.5) is 0 Å². The van der Waals surface area contributed by atoms with Crippen LogP contribution in [0, 0.1) is 5.92 Å². The van der Waals surface area contributed by atoms with Gasteiger partial charge in [0.15, 0.2) is 5.96 Å². The normalized spacial score (nSPS) is 15.3. The van der Waals surface area contributed by atoms with Crippen LogP contribution in [0.3, 0.4) is 0 Å². The van der Waals surface area contributed by atoms with Crippen molar-refractivity contribution in [3.63, 3.8) is 0 Å². The monoisotopic (exact) mass is 525 g/mol. The molecule has 1 saturated heterocycles. The Bertz CT molecular complexity index is 824. The number of aliphatic imine (C=N–C) groups is 1. The molecule has 2 aromatic rings. The maximum Gasteiger partial charge on any atom is 0.225 e. The zero-order valence-corrected chi connectivity index (χ0v) is 20.7. The predicted octanol–water partition coefficient (Wildman–Crippen LogP) is 3.92. The fourth-order valence-electron chi connectivity index (χ4n) is 3.92. The lowest BCUT2D eigenvalue weighted by molar-refractivity contribution is -0.135. The minimum absolute atomic E-state index is 0. The van der Waals surface area contributed by atoms with Crippen LogP contribution < -0.4 is 10.6 Å². The summed E-state index contributed by atoms with van der Waals surface area (Å²) in [6.45, 7) is 9.33. The Morgan fingerprint density at radius 2 is 2.00 bits per heavy atom. The van der Waals surface area contributed by atoms with E-state index in [9.17, 15) is 4.79 Å². The minimum atomic E-state index is 0. The zero-order chi connectivity index (χ0) is 20.6. The molecule has 166 valence electrons. The van der Waals surface area contributed by atoms with Gasteiger partial charge in [-0.15, -0.1) is 24.0 Å². The van der Waals surface area contributed by atoms with Crippen molar-refractivity contribution in [1.29, 1.82) is 0 Å². The second-order valence-electron chi connectivity index (χ2n) is 8.12. The molecule has 0 radical (unpaired) electrons. The summed E-state index contributed by atoms with van der Waals surface area (Å²) in [4.78, 5) is 22.3. The lowest BCUT2D eigenvalue weighted by Crippen LogP contribution is -2.50. The molecule has 0 atom stereocenters. The highest BCUT2D eigenvalue weighted by atomic mass is 127. The quantitative estimate of drug-likeness (QED) is 0.222. The standard InChI is InChI=1S/C23H35N5O.HI/c1-4-24-23(27-19-11-14-28(15-12-19)22(29)17(2)3)25-13-7-8-18-16-26-21-10-6-5-9-20(18)21;/h5-6,9-10,16-17,19,26H,4,7-8,11-15H2,1-3H3,(H2,24,25,27);1H. The molecule has 1 aliphatic heterocycles. The van der Waals surface area contributed by atoms with Gasteiger partial charge in [0.05, 0.1) is 0 Å². The highest BCUT2D eigenvalue weighted by Gasteiger charge is 2.24. The number of rotatable bonds is 7. The van der Waals surface area contributed by atoms with Gasteiger partial charge in [-0.1, -0.05) is 32.0 Å². The van der Waals surface area contributed by atoms with Crippen molar-refractivity contribution in [2.24, 2.45) is 10.9 Å². The van der Waals surface area contributed by atoms with Gasteiger partial charge in [0, 0.05) is 55.2 Å². The molecule has 1 aromatic carbocycles. The number of likely N-dealkylation sites (tertiary alicyclic amines) is 1. The van der Waals surface area contributed by atoms with Crippen LogP contribution in [0.5, 0.6) is 0 Å². The number of aromatic nitrogens is 1. The van der Waals surface area contributed by atoms with E-state index in [2.05, 4.69) is 53.0 Å². The van der Waals surface area contributed by atoms with Gasteiger partial charge in [0.25, 0.3) is 0 Å². The maximum absolute atomic E-state index is 12.2. The molecule has 7 heteroatoms. The second-order valence-corrected chi connectivity index (χ2v) is 8.12. The van der Waals surface area contributed by atoms with Gasteiger partial charge in [0.2, 0.25) is 5.91 Å². The molecule has 3 N–H and O–H groups in total. The van der Waals surface area contributed by atoms with Crippen molar-refractivity contribution in [3.8, 4) is 0 Å². The summed E-state index contributed by atoms with van der Waals surface area (Å²) in [6.07, 6.45) is 6.09. The Morgan fingerprint density at radius 3 is 2.70 bits per heavy atom. The summed E-state index contributed by atoms with van der Waals surface area (Å²) in [5, 5.41) is 8.23. The number of carbonyl (C=O) groups is 1. The number of guanidine groups is 1. The number of piperidine rings is 1. The first-order valence-corrected chi connectivity index (χ1v) is 11.0. The smallest absolute Gasteiger partial charge is 0.225 e. The molecule has 1 aromatic heterocycles. The molecule has 0 aliphatic carbocycles. The molecule has 1 aliphatic rings. The molecule has 1 amide bonds. The van der Waals surface area contributed by atoms with Crippen LogP contribution in [0.2, 0.25) is 0 Å². The van der Waals surface area contributed by atoms with Crippen molar-refractivity contribution >= 4 is 46.7 Å². The molecule has 30 heavy (non-hydrogen) atoms. The van der Waals surface area contributed by atoms with E-state index in [4.69, 9.17) is 4.99 Å². The lowest BCUT2D eigenvalue weighted by atomic mass is 10.0. The Kier molecular flexibility index (Phi) is 9.94. The molecule has 0 saturated carbocycles. The summed E-state index contributed by atoms with van der Waals surface area (Å²) in [5.41, 5.74) is 2.55. The number of nitrogens with zero attached hydrogens (tertiary/aromatic N) is 2. The summed E-state index contributed by atoms with van der Waals surface area (Å²) in [5.74, 6) is 1.23. The fraction of sp³-hybridized carbons (Fsp3) is 0.565. The van der Waals surface area contributed by atoms with Gasteiger partial charge >= 0.3 is 0 Å². The van der Waals surface area contributed by atoms with Gasteiger partial charge in [-0.05, 0) is 44.2 Å². The number of fused-ring (bicyclic) bond motifs is 1. The van der Waals surface area contributed by atoms with Crippen LogP contribution in [0.1, 0.15) is 45.6 Å². The predicted molar refractivity (Wildman–Crippen MR) is 136 cm³/mol. The van der Waals surface area contributed by atoms with Crippen LogP contribution in [-0.4, -0.2) is 54.0 Å². The molecule has 1 fully saturated rings. The third-order valence-corrected chi connectivity index (χ3v) is 5.53. The molecule has 0 unspecified atom stereocenters. The minimum Gasteiger partial charge on any atom is -0.361 e. The van der Waals surface area contributed by atoms with E-state index in [0.717, 1.165) is 57.8 Å². The number of carbonyl (C=O) groups excluding carboxylic acids is 1. The number of aryl methyl sites for hydroxylation is 1. The van der Waals surface area contributed by atoms with Gasteiger partial charge < -0.3 is 20.5 Å². The van der Waals surface area contributed by atoms with E-state index in [0.29, 0.717) is 6.04 Å². The Morgan fingerprint density at radius 1 is 1.27 bits per heavy atom. The second kappa shape index (κ2) is 12.2. The average molecular weight is 525 g/mol. The Balaban J connectivity index is 0.00000320. The number of benzene rings is 1. The number of nitrogens with one attached hydrogen (secondary N) is 3. The first-order chi connectivity index (χ1) is 14.1. The number of hydrogen-bond donors (Lipinski definition) is 3. The van der Waals surface area contributed by atoms with Crippen LogP contribution in [0.15, 0.2) is 35.5 Å². The number of H-pyrrole nitrogens is 1. The molecule has 2 heterocycles. The van der Waals surface area contributed by atoms with E-state index >= 15 is 0 Å². The summed E-state index contributed by atoms with van der Waals surface area (Å²) in [7, 11) is 0. The van der Waals surface area contributed by atoms with Gasteiger partial charge in [-0.2, -0.15) is 0 Å². The summed E-state index contributed by atoms with van der Waals surface area (Å²) in [6, 6.07) is 8.81. The number of amides is 1. The van der Waals surface area contributed by atoms with Gasteiger partial charge in [-0.3, -0.25) is 9.79 Å². The number of para-hydroxylation sites is 1. The third kappa shape index (κ3) is 6.62. The molecular weight excluding hydrogens is 489 g/mol. The highest BCUT2D eigenvalue weighted by molar-refractivity contribution is 14.0. The van der Waals surface area contributed by atoms with Crippen molar-refractivity contribution in [3.05, 3.63) is 36.0 Å². The SMILES string of the molecule is CCNC(=NCCCc1c[nH]c2ccccc12)NC1CCN(C(=O)C(C)C)CC1.I. The molecule has 3 rings (SSSR count). The fourth-order valence-corrected chi connectivity index (χ4v) is 3.92. The van der Waals surface area contributed by atoms with E-state index in [1.807, 2.05) is 18.7 Å². The van der Waals surface area contributed by atoms with Crippen molar-refractivity contribution < 1.29 is 4.79 Å². The zero-order valence-electron chi connectivity index (χ0n) is 18.4. The largest absolute Gasteiger partial charge is 0.361 e. The molecule has 6 nitrogen and oxygen atoms in total. The van der Waals surface area contributed by atoms with Crippen LogP contribution >= 0.6 is 24.0 Å². The first kappa shape index (κ1) is 24.5. The summed E-state index contributed by atoms with van der Waals surface area (Å²) < 4.78 is 0. The Labute approximate surface area is 197 Å². The van der Waals surface area contributed by atoms with E-state index in [1.54, 1.807) is 0 Å². The first-order valence-electron chi connectivity index (χ1n) is 11.0. The van der Waals surface area contributed by atoms with Crippen molar-refractivity contribution in [1.82, 2.24) is 20.5 Å². The number of hydrogen-bond acceptors (Lipinski definition) is 2. The number of aromatic amines is 1. The van der Waals surface area contributed by atoms with Crippen molar-refractivity contribution in [2.45, 2.75) is 52.5 Å². The average Bonchev–Trinajstić information content (AvgIpc) is 3.14. The van der Waals surface area contributed by atoms with Crippen LogP contribution in [-0.2, 0) is 11.2 Å². The lowest BCUT2D eigenvalue weighted by Gasteiger charge is -2.34. The number of halogens is 1. The third-order valence-electron chi connectivity index (χ3n) is 5.53. The molecular formula is C23H36IN5O. The maximum atomic E-state index is 12.2. The van der Waals surface area contributed by atoms with E-state index < -0.39 is 0 Å². The highest BCUT2D eigenvalue weighted by Crippen LogP contribution is 2.19. The van der Waals surface area contributed by atoms with Gasteiger partial charge in [0.1, 0.15) is 0 Å². The Hall–Kier alpha value is -1.77. The van der Waals surface area contributed by atoms with E-state index in [-0.39, 0.29) is 35.8 Å². The summed E-state index contributed by atoms with van der Waals surface area (Å²) >= 11 is 0. The van der Waals surface area contributed by atoms with E-state index in [1.165, 1.54) is 16.5 Å². The topological polar surface area (TPSA) is 72.5 Å². The van der Waals surface area contributed by atoms with Crippen LogP contribution in [0.25, 0.3) is 10.9 Å². The van der Waals surface area contributed by atoms with Gasteiger partial charge in [-0.25, -0.2) is 0 Å². The molecule has 0 spiro atoms.